The zero-order valence-electron chi connectivity index (χ0n) is 16.7. The lowest BCUT2D eigenvalue weighted by molar-refractivity contribution is -0.139. The Morgan fingerprint density at radius 2 is 1.74 bits per heavy atom. The maximum absolute atomic E-state index is 13.0. The minimum absolute atomic E-state index is 0.205. The van der Waals surface area contributed by atoms with Gasteiger partial charge in [-0.1, -0.05) is 46.9 Å². The van der Waals surface area contributed by atoms with E-state index in [4.69, 9.17) is 44.3 Å². The highest BCUT2D eigenvalue weighted by Gasteiger charge is 2.45. The van der Waals surface area contributed by atoms with Crippen molar-refractivity contribution in [3.8, 4) is 0 Å². The van der Waals surface area contributed by atoms with Crippen LogP contribution in [0.3, 0.4) is 0 Å². The van der Waals surface area contributed by atoms with Crippen molar-refractivity contribution in [1.29, 1.82) is 0 Å². The number of ether oxygens (including phenoxy) is 3. The second-order valence-electron chi connectivity index (χ2n) is 6.70. The number of aromatic nitrogens is 2. The molecule has 0 amide bonds. The van der Waals surface area contributed by atoms with Gasteiger partial charge < -0.3 is 14.2 Å². The number of alkyl halides is 3. The summed E-state index contributed by atoms with van der Waals surface area (Å²) in [6, 6.07) is 5.97. The summed E-state index contributed by atoms with van der Waals surface area (Å²) in [5.74, 6) is -1.80. The van der Waals surface area contributed by atoms with Crippen LogP contribution in [0.1, 0.15) is 30.8 Å². The van der Waals surface area contributed by atoms with Crippen LogP contribution in [0, 0.1) is 5.82 Å². The number of benzene rings is 1. The van der Waals surface area contributed by atoms with Crippen molar-refractivity contribution in [2.45, 2.75) is 29.7 Å². The van der Waals surface area contributed by atoms with E-state index in [-0.39, 0.29) is 11.5 Å². The van der Waals surface area contributed by atoms with Gasteiger partial charge in [-0.2, -0.15) is 0 Å². The molecule has 0 aliphatic rings. The van der Waals surface area contributed by atoms with Crippen LogP contribution in [0.4, 0.5) is 9.18 Å². The first kappa shape index (κ1) is 24.8. The third-order valence-electron chi connectivity index (χ3n) is 3.90. The average molecular weight is 492 g/mol. The summed E-state index contributed by atoms with van der Waals surface area (Å²) in [7, 11) is 1.10. The van der Waals surface area contributed by atoms with Crippen molar-refractivity contribution >= 4 is 53.0 Å². The summed E-state index contributed by atoms with van der Waals surface area (Å²) in [6.07, 6.45) is 3.12. The number of esters is 1. The second-order valence-corrected chi connectivity index (χ2v) is 8.98. The Morgan fingerprint density at radius 1 is 1.10 bits per heavy atom. The maximum atomic E-state index is 13.0. The Labute approximate surface area is 193 Å². The molecule has 0 N–H and O–H groups in total. The van der Waals surface area contributed by atoms with Gasteiger partial charge in [0.05, 0.1) is 24.7 Å². The van der Waals surface area contributed by atoms with Crippen LogP contribution >= 0.6 is 34.8 Å². The number of hydrogen-bond donors (Lipinski definition) is 0. The fraction of sp³-hybridized carbons (Fsp3) is 0.300. The lowest BCUT2D eigenvalue weighted by Crippen LogP contribution is -2.41. The van der Waals surface area contributed by atoms with E-state index < -0.39 is 27.3 Å². The van der Waals surface area contributed by atoms with Crippen LogP contribution in [0.5, 0.6) is 0 Å². The molecule has 31 heavy (non-hydrogen) atoms. The molecule has 1 heterocycles. The van der Waals surface area contributed by atoms with E-state index in [1.54, 1.807) is 12.1 Å². The van der Waals surface area contributed by atoms with Crippen molar-refractivity contribution in [2.75, 3.05) is 7.11 Å². The summed E-state index contributed by atoms with van der Waals surface area (Å²) >= 11 is 17.3. The van der Waals surface area contributed by atoms with Crippen molar-refractivity contribution in [2.24, 2.45) is 0 Å². The van der Waals surface area contributed by atoms with E-state index in [0.29, 0.717) is 12.1 Å². The van der Waals surface area contributed by atoms with Crippen LogP contribution in [-0.2, 0) is 25.4 Å². The smallest absolute Gasteiger partial charge is 0.463 e. The molecule has 2 aromatic rings. The van der Waals surface area contributed by atoms with Crippen molar-refractivity contribution < 1.29 is 28.2 Å². The van der Waals surface area contributed by atoms with Crippen LogP contribution in [-0.4, -0.2) is 38.6 Å². The standard InChI is InChI=1S/C20H18Cl3FN2O5/c1-19(2,20(21,22)23)31-18(28)30-16(17(27)29-3)9-15-11-25-14(10-26-15)8-12-4-6-13(24)7-5-12/h4-7,9-11H,8H2,1-3H3. The summed E-state index contributed by atoms with van der Waals surface area (Å²) < 4.78 is 25.6. The number of hydrogen-bond acceptors (Lipinski definition) is 7. The molecular formula is C20H18Cl3FN2O5. The highest BCUT2D eigenvalue weighted by atomic mass is 35.6. The zero-order chi connectivity index (χ0) is 23.2. The zero-order valence-corrected chi connectivity index (χ0v) is 19.0. The molecule has 7 nitrogen and oxygen atoms in total. The molecule has 166 valence electrons. The number of nitrogens with zero attached hydrogens (tertiary/aromatic N) is 2. The predicted octanol–water partition coefficient (Wildman–Crippen LogP) is 5.02. The van der Waals surface area contributed by atoms with Gasteiger partial charge in [0, 0.05) is 18.7 Å². The topological polar surface area (TPSA) is 87.6 Å². The minimum atomic E-state index is -1.94. The fourth-order valence-electron chi connectivity index (χ4n) is 2.08. The molecule has 0 radical (unpaired) electrons. The van der Waals surface area contributed by atoms with Gasteiger partial charge >= 0.3 is 12.1 Å². The van der Waals surface area contributed by atoms with Gasteiger partial charge in [-0.25, -0.2) is 14.0 Å². The third kappa shape index (κ3) is 7.34. The van der Waals surface area contributed by atoms with Gasteiger partial charge in [0.1, 0.15) is 5.82 Å². The van der Waals surface area contributed by atoms with E-state index in [9.17, 15) is 14.0 Å². The molecule has 0 saturated heterocycles. The Balaban J connectivity index is 2.14. The number of halogens is 4. The molecule has 1 aromatic heterocycles. The number of carbonyl (C=O) groups is 2. The normalized spacial score (nSPS) is 12.3. The van der Waals surface area contributed by atoms with E-state index in [2.05, 4.69) is 14.7 Å². The average Bonchev–Trinajstić information content (AvgIpc) is 2.68. The highest BCUT2D eigenvalue weighted by molar-refractivity contribution is 6.68. The van der Waals surface area contributed by atoms with Gasteiger partial charge in [-0.15, -0.1) is 0 Å². The molecular weight excluding hydrogens is 474 g/mol. The Bertz CT molecular complexity index is 958. The number of methoxy groups -OCH3 is 1. The molecule has 0 saturated carbocycles. The summed E-state index contributed by atoms with van der Waals surface area (Å²) in [5, 5.41) is 0. The lowest BCUT2D eigenvalue weighted by Gasteiger charge is -2.31. The Morgan fingerprint density at radius 3 is 2.26 bits per heavy atom. The molecule has 0 spiro atoms. The molecule has 1 aromatic carbocycles. The molecule has 2 rings (SSSR count). The van der Waals surface area contributed by atoms with Crippen LogP contribution < -0.4 is 0 Å². The minimum Gasteiger partial charge on any atom is -0.463 e. The SMILES string of the molecule is COC(=O)C(=Cc1cnc(Cc2ccc(F)cc2)cn1)OC(=O)OC(C)(C)C(Cl)(Cl)Cl. The first-order chi connectivity index (χ1) is 14.4. The molecule has 0 unspecified atom stereocenters. The second kappa shape index (κ2) is 10.3. The quantitative estimate of drug-likeness (QED) is 0.243. The monoisotopic (exact) mass is 490 g/mol. The fourth-order valence-corrected chi connectivity index (χ4v) is 2.20. The Kier molecular flexibility index (Phi) is 8.22. The Hall–Kier alpha value is -2.42. The summed E-state index contributed by atoms with van der Waals surface area (Å²) in [6.45, 7) is 2.71. The van der Waals surface area contributed by atoms with E-state index in [1.165, 1.54) is 38.4 Å². The predicted molar refractivity (Wildman–Crippen MR) is 113 cm³/mol. The summed E-state index contributed by atoms with van der Waals surface area (Å²) in [5.41, 5.74) is 0.110. The number of carbonyl (C=O) groups excluding carboxylic acids is 2. The van der Waals surface area contributed by atoms with Crippen LogP contribution in [0.2, 0.25) is 0 Å². The van der Waals surface area contributed by atoms with Gasteiger partial charge in [-0.3, -0.25) is 9.97 Å². The van der Waals surface area contributed by atoms with Gasteiger partial charge in [0.2, 0.25) is 9.55 Å². The first-order valence-electron chi connectivity index (χ1n) is 8.74. The first-order valence-corrected chi connectivity index (χ1v) is 9.87. The maximum Gasteiger partial charge on any atom is 0.514 e. The van der Waals surface area contributed by atoms with Crippen molar-refractivity contribution in [3.05, 3.63) is 65.2 Å². The van der Waals surface area contributed by atoms with Crippen LogP contribution in [0.15, 0.2) is 42.4 Å². The largest absolute Gasteiger partial charge is 0.514 e. The molecule has 0 aliphatic heterocycles. The third-order valence-corrected chi connectivity index (χ3v) is 5.27. The molecule has 11 heteroatoms. The van der Waals surface area contributed by atoms with Gasteiger partial charge in [0.25, 0.3) is 0 Å². The van der Waals surface area contributed by atoms with Crippen molar-refractivity contribution in [3.63, 3.8) is 0 Å². The molecule has 0 aliphatic carbocycles. The van der Waals surface area contributed by atoms with Gasteiger partial charge in [-0.05, 0) is 31.5 Å². The van der Waals surface area contributed by atoms with Gasteiger partial charge in [0.15, 0.2) is 5.60 Å². The lowest BCUT2D eigenvalue weighted by atomic mass is 10.1. The molecule has 0 bridgehead atoms. The molecule has 0 atom stereocenters. The highest BCUT2D eigenvalue weighted by Crippen LogP contribution is 2.40. The number of rotatable bonds is 6. The summed E-state index contributed by atoms with van der Waals surface area (Å²) in [4.78, 5) is 32.4. The van der Waals surface area contributed by atoms with E-state index >= 15 is 0 Å². The van der Waals surface area contributed by atoms with E-state index in [0.717, 1.165) is 18.7 Å². The van der Waals surface area contributed by atoms with Crippen molar-refractivity contribution in [1.82, 2.24) is 9.97 Å². The van der Waals surface area contributed by atoms with Crippen LogP contribution in [0.25, 0.3) is 6.08 Å². The molecule has 0 fully saturated rings. The van der Waals surface area contributed by atoms with E-state index in [1.807, 2.05) is 0 Å².